The molecule has 10 heteroatoms. The van der Waals surface area contributed by atoms with E-state index in [9.17, 15) is 24.6 Å². The van der Waals surface area contributed by atoms with Gasteiger partial charge < -0.3 is 20.8 Å². The van der Waals surface area contributed by atoms with E-state index in [1.807, 2.05) is 42.7 Å². The molecule has 2 aromatic heterocycles. The molecule has 2 atom stereocenters. The molecule has 0 unspecified atom stereocenters. The molecule has 4 aromatic rings. The van der Waals surface area contributed by atoms with E-state index in [0.717, 1.165) is 33.0 Å². The van der Waals surface area contributed by atoms with Gasteiger partial charge in [-0.1, -0.05) is 82.6 Å². The molecular weight excluding hydrogens is 637 g/mol. The van der Waals surface area contributed by atoms with Crippen molar-refractivity contribution in [2.45, 2.75) is 89.6 Å². The highest BCUT2D eigenvalue weighted by Gasteiger charge is 2.28. The molecule has 2 heterocycles. The average Bonchev–Trinajstić information content (AvgIpc) is 3.63. The molecular formula is C39H46N4O5S. The number of aliphatic hydroxyl groups is 1. The van der Waals surface area contributed by atoms with Crippen LogP contribution >= 0.6 is 11.3 Å². The van der Waals surface area contributed by atoms with Gasteiger partial charge in [-0.15, -0.1) is 11.3 Å². The van der Waals surface area contributed by atoms with Gasteiger partial charge in [-0.05, 0) is 71.8 Å². The number of aromatic nitrogens is 2. The minimum atomic E-state index is -1.49. The molecule has 258 valence electrons. The Balaban J connectivity index is 1.26. The zero-order valence-electron chi connectivity index (χ0n) is 28.6. The molecule has 0 saturated heterocycles. The van der Waals surface area contributed by atoms with Crippen molar-refractivity contribution in [3.05, 3.63) is 93.9 Å². The lowest BCUT2D eigenvalue weighted by Crippen LogP contribution is -2.53. The van der Waals surface area contributed by atoms with Crippen molar-refractivity contribution in [1.29, 1.82) is 0 Å². The molecule has 1 fully saturated rings. The number of aliphatic hydroxyl groups excluding tert-OH is 1. The van der Waals surface area contributed by atoms with Crippen LogP contribution in [0.3, 0.4) is 0 Å². The van der Waals surface area contributed by atoms with E-state index >= 15 is 0 Å². The van der Waals surface area contributed by atoms with Gasteiger partial charge in [-0.2, -0.15) is 0 Å². The summed E-state index contributed by atoms with van der Waals surface area (Å²) in [5.41, 5.74) is 4.81. The molecule has 0 radical (unpaired) electrons. The molecule has 1 aliphatic carbocycles. The monoisotopic (exact) mass is 682 g/mol. The normalized spacial score (nSPS) is 17.6. The second-order valence-corrected chi connectivity index (χ2v) is 15.1. The highest BCUT2D eigenvalue weighted by atomic mass is 32.1. The number of hydrogen-bond donors (Lipinski definition) is 4. The van der Waals surface area contributed by atoms with Crippen LogP contribution in [0.15, 0.2) is 73.1 Å². The van der Waals surface area contributed by atoms with Crippen molar-refractivity contribution in [3.8, 4) is 22.5 Å². The third kappa shape index (κ3) is 9.19. The van der Waals surface area contributed by atoms with Crippen LogP contribution in [0.5, 0.6) is 0 Å². The van der Waals surface area contributed by atoms with Crippen LogP contribution in [-0.4, -0.2) is 56.7 Å². The lowest BCUT2D eigenvalue weighted by molar-refractivity contribution is -0.143. The molecule has 1 saturated carbocycles. The fourth-order valence-corrected chi connectivity index (χ4v) is 7.23. The Morgan fingerprint density at radius 3 is 2.02 bits per heavy atom. The van der Waals surface area contributed by atoms with Gasteiger partial charge in [0, 0.05) is 34.8 Å². The Morgan fingerprint density at radius 2 is 1.47 bits per heavy atom. The smallest absolute Gasteiger partial charge is 0.328 e. The summed E-state index contributed by atoms with van der Waals surface area (Å²) in [4.78, 5) is 48.6. The summed E-state index contributed by atoms with van der Waals surface area (Å²) in [5, 5.41) is 23.9. The molecule has 0 spiro atoms. The van der Waals surface area contributed by atoms with Crippen LogP contribution in [-0.2, 0) is 21.4 Å². The Morgan fingerprint density at radius 1 is 0.837 bits per heavy atom. The van der Waals surface area contributed by atoms with Gasteiger partial charge in [-0.3, -0.25) is 9.59 Å². The van der Waals surface area contributed by atoms with Crippen molar-refractivity contribution < 1.29 is 24.6 Å². The molecule has 2 aromatic carbocycles. The van der Waals surface area contributed by atoms with E-state index in [4.69, 9.17) is 0 Å². The Bertz CT molecular complexity index is 1720. The second-order valence-electron chi connectivity index (χ2n) is 14.0. The van der Waals surface area contributed by atoms with Gasteiger partial charge in [0.05, 0.1) is 11.5 Å². The lowest BCUT2D eigenvalue weighted by Gasteiger charge is -2.28. The molecule has 49 heavy (non-hydrogen) atoms. The molecule has 0 aliphatic heterocycles. The Labute approximate surface area is 292 Å². The number of aliphatic carboxylic acids is 1. The number of nitrogens with one attached hydrogen (secondary N) is 2. The summed E-state index contributed by atoms with van der Waals surface area (Å²) in [6.45, 7) is 7.67. The first-order chi connectivity index (χ1) is 23.4. The summed E-state index contributed by atoms with van der Waals surface area (Å²) in [6.07, 6.45) is 10.2. The SMILES string of the molecule is CCC1CCC(c2ccc(-c3cnc(-c4ccc(C[C@H](NC(=O)c5ccc(C(C)(C)C)s5)C(=O)N[C@@H](CO)C(=O)O)cc4)nc3)cc2)CC1. The largest absolute Gasteiger partial charge is 0.480 e. The summed E-state index contributed by atoms with van der Waals surface area (Å²) in [7, 11) is 0. The zero-order chi connectivity index (χ0) is 35.1. The fraction of sp³-hybridized carbons (Fsp3) is 0.410. The first kappa shape index (κ1) is 35.9. The number of amides is 2. The van der Waals surface area contributed by atoms with Crippen LogP contribution in [0.1, 0.15) is 91.4 Å². The summed E-state index contributed by atoms with van der Waals surface area (Å²) >= 11 is 1.35. The standard InChI is InChI=1S/C39H46N4O5S/c1-5-24-6-10-26(11-7-24)27-14-16-28(17-15-27)30-21-40-35(41-22-30)29-12-8-25(9-13-29)20-31(36(45)43-32(23-44)38(47)48)42-37(46)33-18-19-34(49-33)39(2,3)4/h8-9,12-19,21-22,24,26,31-32,44H,5-7,10-11,20,23H2,1-4H3,(H,42,46)(H,43,45)(H,47,48)/t24?,26?,31-,32-/m0/s1. The first-order valence-electron chi connectivity index (χ1n) is 17.0. The molecule has 2 amide bonds. The minimum absolute atomic E-state index is 0.100. The maximum atomic E-state index is 13.2. The van der Waals surface area contributed by atoms with Gasteiger partial charge in [-0.25, -0.2) is 14.8 Å². The van der Waals surface area contributed by atoms with Gasteiger partial charge in [0.15, 0.2) is 5.82 Å². The van der Waals surface area contributed by atoms with E-state index in [1.54, 1.807) is 6.07 Å². The number of hydrogen-bond acceptors (Lipinski definition) is 7. The van der Waals surface area contributed by atoms with Crippen molar-refractivity contribution in [2.75, 3.05) is 6.61 Å². The topological polar surface area (TPSA) is 142 Å². The molecule has 0 bridgehead atoms. The predicted octanol–water partition coefficient (Wildman–Crippen LogP) is 6.76. The van der Waals surface area contributed by atoms with E-state index in [-0.39, 0.29) is 11.8 Å². The first-order valence-corrected chi connectivity index (χ1v) is 17.8. The van der Waals surface area contributed by atoms with Crippen LogP contribution < -0.4 is 10.6 Å². The molecule has 4 N–H and O–H groups in total. The number of carboxylic acid groups (broad SMARTS) is 1. The minimum Gasteiger partial charge on any atom is -0.480 e. The van der Waals surface area contributed by atoms with Crippen molar-refractivity contribution >= 4 is 29.1 Å². The third-order valence-corrected chi connectivity index (χ3v) is 10.9. The van der Waals surface area contributed by atoms with Gasteiger partial charge in [0.1, 0.15) is 12.1 Å². The summed E-state index contributed by atoms with van der Waals surface area (Å²) < 4.78 is 0. The Kier molecular flexibility index (Phi) is 11.6. The predicted molar refractivity (Wildman–Crippen MR) is 193 cm³/mol. The van der Waals surface area contributed by atoms with Crippen LogP contribution in [0.2, 0.25) is 0 Å². The maximum Gasteiger partial charge on any atom is 0.328 e. The zero-order valence-corrected chi connectivity index (χ0v) is 29.4. The van der Waals surface area contributed by atoms with Crippen LogP contribution in [0.4, 0.5) is 0 Å². The van der Waals surface area contributed by atoms with Crippen molar-refractivity contribution in [1.82, 2.24) is 20.6 Å². The fourth-order valence-electron chi connectivity index (χ4n) is 6.26. The molecule has 5 rings (SSSR count). The van der Waals surface area contributed by atoms with E-state index in [0.29, 0.717) is 16.6 Å². The van der Waals surface area contributed by atoms with E-state index < -0.39 is 36.5 Å². The molecule has 1 aliphatic rings. The molecule has 9 nitrogen and oxygen atoms in total. The number of rotatable bonds is 12. The highest BCUT2D eigenvalue weighted by Crippen LogP contribution is 2.37. The van der Waals surface area contributed by atoms with Crippen molar-refractivity contribution in [2.24, 2.45) is 5.92 Å². The van der Waals surface area contributed by atoms with Gasteiger partial charge in [0.2, 0.25) is 5.91 Å². The maximum absolute atomic E-state index is 13.2. The number of thiophene rings is 1. The van der Waals surface area contributed by atoms with Gasteiger partial charge in [0.25, 0.3) is 5.91 Å². The number of benzene rings is 2. The highest BCUT2D eigenvalue weighted by molar-refractivity contribution is 7.14. The van der Waals surface area contributed by atoms with Gasteiger partial charge >= 0.3 is 5.97 Å². The quantitative estimate of drug-likeness (QED) is 0.129. The lowest BCUT2D eigenvalue weighted by atomic mass is 9.78. The third-order valence-electron chi connectivity index (χ3n) is 9.43. The number of nitrogens with zero attached hydrogens (tertiary/aromatic N) is 2. The number of carbonyl (C=O) groups excluding carboxylic acids is 2. The van der Waals surface area contributed by atoms with Crippen LogP contribution in [0.25, 0.3) is 22.5 Å². The van der Waals surface area contributed by atoms with E-state index in [1.165, 1.54) is 49.0 Å². The number of carbonyl (C=O) groups is 3. The van der Waals surface area contributed by atoms with E-state index in [2.05, 4.69) is 72.6 Å². The summed E-state index contributed by atoms with van der Waals surface area (Å²) in [6, 6.07) is 17.2. The summed E-state index contributed by atoms with van der Waals surface area (Å²) in [5.74, 6) is -0.432. The Hall–Kier alpha value is -4.41. The van der Waals surface area contributed by atoms with Crippen LogP contribution in [0, 0.1) is 5.92 Å². The number of carboxylic acids is 1. The van der Waals surface area contributed by atoms with Crippen molar-refractivity contribution in [3.63, 3.8) is 0 Å². The second kappa shape index (κ2) is 15.9. The average molecular weight is 683 g/mol.